The highest BCUT2D eigenvalue weighted by Gasteiger charge is 2.41. The second-order valence-corrected chi connectivity index (χ2v) is 5.86. The van der Waals surface area contributed by atoms with Crippen molar-refractivity contribution in [1.82, 2.24) is 9.97 Å². The van der Waals surface area contributed by atoms with Gasteiger partial charge in [-0.1, -0.05) is 11.6 Å². The molecule has 0 saturated heterocycles. The number of anilines is 1. The smallest absolute Gasteiger partial charge is 0.158 e. The Morgan fingerprint density at radius 3 is 2.58 bits per heavy atom. The predicted octanol–water partition coefficient (Wildman–Crippen LogP) is 3.27. The maximum atomic E-state index is 6.06. The van der Waals surface area contributed by atoms with Crippen LogP contribution in [0.1, 0.15) is 38.4 Å². The zero-order valence-electron chi connectivity index (χ0n) is 11.2. The highest BCUT2D eigenvalue weighted by atomic mass is 35.5. The Bertz CT molecular complexity index is 434. The van der Waals surface area contributed by atoms with Gasteiger partial charge in [0, 0.05) is 18.7 Å². The maximum absolute atomic E-state index is 6.06. The summed E-state index contributed by atoms with van der Waals surface area (Å²) < 4.78 is 5.34. The number of aromatic nitrogens is 2. The first-order valence-electron chi connectivity index (χ1n) is 7.14. The first-order chi connectivity index (χ1) is 9.26. The second kappa shape index (κ2) is 5.63. The molecule has 0 amide bonds. The molecule has 1 heterocycles. The summed E-state index contributed by atoms with van der Waals surface area (Å²) in [6.07, 6.45) is 5.38. The quantitative estimate of drug-likeness (QED) is 0.779. The lowest BCUT2D eigenvalue weighted by molar-refractivity contribution is 0.128. The molecule has 0 spiro atoms. The zero-order chi connectivity index (χ0) is 13.2. The van der Waals surface area contributed by atoms with Gasteiger partial charge in [0.15, 0.2) is 5.82 Å². The van der Waals surface area contributed by atoms with E-state index in [1.807, 2.05) is 13.0 Å². The monoisotopic (exact) mass is 281 g/mol. The lowest BCUT2D eigenvalue weighted by Crippen LogP contribution is -2.25. The van der Waals surface area contributed by atoms with Crippen molar-refractivity contribution < 1.29 is 4.74 Å². The summed E-state index contributed by atoms with van der Waals surface area (Å²) in [6, 6.07) is 2.39. The third kappa shape index (κ3) is 3.57. The number of halogens is 1. The van der Waals surface area contributed by atoms with Gasteiger partial charge in [0.05, 0.1) is 0 Å². The van der Waals surface area contributed by atoms with Crippen molar-refractivity contribution in [2.45, 2.75) is 45.3 Å². The SMILES string of the molecule is CCOCc1nc(Cl)cc(NC(C2CC2)C2CC2)n1. The van der Waals surface area contributed by atoms with Crippen LogP contribution in [0.5, 0.6) is 0 Å². The molecule has 0 bridgehead atoms. The fraction of sp³-hybridized carbons (Fsp3) is 0.714. The average Bonchev–Trinajstić information content (AvgIpc) is 3.27. The molecule has 5 heteroatoms. The van der Waals surface area contributed by atoms with E-state index in [0.717, 1.165) is 17.7 Å². The van der Waals surface area contributed by atoms with Crippen LogP contribution >= 0.6 is 11.6 Å². The Kier molecular flexibility index (Phi) is 3.89. The lowest BCUT2D eigenvalue weighted by Gasteiger charge is -2.18. The van der Waals surface area contributed by atoms with Gasteiger partial charge in [0.25, 0.3) is 0 Å². The van der Waals surface area contributed by atoms with Crippen molar-refractivity contribution in [1.29, 1.82) is 0 Å². The van der Waals surface area contributed by atoms with Gasteiger partial charge in [0.2, 0.25) is 0 Å². The number of hydrogen-bond acceptors (Lipinski definition) is 4. The molecule has 0 aliphatic heterocycles. The van der Waals surface area contributed by atoms with E-state index >= 15 is 0 Å². The molecule has 2 aliphatic rings. The standard InChI is InChI=1S/C14H20ClN3O/c1-2-19-8-13-16-11(15)7-12(17-13)18-14(9-3-4-9)10-5-6-10/h7,9-10,14H,2-6,8H2,1H3,(H,16,17,18). The Morgan fingerprint density at radius 2 is 2.00 bits per heavy atom. The van der Waals surface area contributed by atoms with Gasteiger partial charge in [-0.05, 0) is 44.4 Å². The molecule has 2 saturated carbocycles. The molecule has 104 valence electrons. The summed E-state index contributed by atoms with van der Waals surface area (Å²) in [6.45, 7) is 3.04. The Balaban J connectivity index is 1.69. The molecule has 1 aromatic rings. The molecule has 1 N–H and O–H groups in total. The summed E-state index contributed by atoms with van der Waals surface area (Å²) in [7, 11) is 0. The molecule has 2 aliphatic carbocycles. The normalized spacial score (nSPS) is 18.9. The fourth-order valence-electron chi connectivity index (χ4n) is 2.50. The van der Waals surface area contributed by atoms with E-state index < -0.39 is 0 Å². The molecule has 0 radical (unpaired) electrons. The molecule has 1 aromatic heterocycles. The van der Waals surface area contributed by atoms with Gasteiger partial charge >= 0.3 is 0 Å². The number of hydrogen-bond donors (Lipinski definition) is 1. The number of nitrogens with one attached hydrogen (secondary N) is 1. The van der Waals surface area contributed by atoms with Crippen LogP contribution in [0.4, 0.5) is 5.82 Å². The molecule has 0 aromatic carbocycles. The third-order valence-electron chi connectivity index (χ3n) is 3.75. The molecule has 19 heavy (non-hydrogen) atoms. The van der Waals surface area contributed by atoms with Crippen molar-refractivity contribution in [3.63, 3.8) is 0 Å². The van der Waals surface area contributed by atoms with Gasteiger partial charge < -0.3 is 10.1 Å². The Morgan fingerprint density at radius 1 is 1.32 bits per heavy atom. The van der Waals surface area contributed by atoms with E-state index in [2.05, 4.69) is 15.3 Å². The van der Waals surface area contributed by atoms with E-state index in [1.165, 1.54) is 25.7 Å². The van der Waals surface area contributed by atoms with Crippen molar-refractivity contribution in [3.05, 3.63) is 17.0 Å². The van der Waals surface area contributed by atoms with Crippen LogP contribution in [0.15, 0.2) is 6.07 Å². The van der Waals surface area contributed by atoms with Crippen LogP contribution in [-0.4, -0.2) is 22.6 Å². The van der Waals surface area contributed by atoms with Crippen molar-refractivity contribution in [2.75, 3.05) is 11.9 Å². The topological polar surface area (TPSA) is 47.0 Å². The molecule has 0 unspecified atom stereocenters. The minimum atomic E-state index is 0.420. The second-order valence-electron chi connectivity index (χ2n) is 5.47. The largest absolute Gasteiger partial charge is 0.374 e. The van der Waals surface area contributed by atoms with Crippen LogP contribution in [-0.2, 0) is 11.3 Å². The first-order valence-corrected chi connectivity index (χ1v) is 7.52. The van der Waals surface area contributed by atoms with Gasteiger partial charge in [-0.25, -0.2) is 9.97 Å². The fourth-order valence-corrected chi connectivity index (χ4v) is 2.70. The highest BCUT2D eigenvalue weighted by Crippen LogP contribution is 2.45. The Hall–Kier alpha value is -0.870. The summed E-state index contributed by atoms with van der Waals surface area (Å²) in [5.74, 6) is 3.16. The van der Waals surface area contributed by atoms with Crippen LogP contribution in [0.25, 0.3) is 0 Å². The maximum Gasteiger partial charge on any atom is 0.158 e. The van der Waals surface area contributed by atoms with E-state index in [4.69, 9.17) is 16.3 Å². The first kappa shape index (κ1) is 13.1. The van der Waals surface area contributed by atoms with Gasteiger partial charge in [0.1, 0.15) is 17.6 Å². The molecule has 4 nitrogen and oxygen atoms in total. The third-order valence-corrected chi connectivity index (χ3v) is 3.94. The van der Waals surface area contributed by atoms with E-state index in [-0.39, 0.29) is 0 Å². The van der Waals surface area contributed by atoms with Crippen LogP contribution < -0.4 is 5.32 Å². The van der Waals surface area contributed by atoms with Crippen molar-refractivity contribution in [3.8, 4) is 0 Å². The van der Waals surface area contributed by atoms with E-state index in [9.17, 15) is 0 Å². The number of rotatable bonds is 7. The predicted molar refractivity (Wildman–Crippen MR) is 75.2 cm³/mol. The van der Waals surface area contributed by atoms with Crippen LogP contribution in [0.3, 0.4) is 0 Å². The van der Waals surface area contributed by atoms with Crippen molar-refractivity contribution in [2.24, 2.45) is 11.8 Å². The van der Waals surface area contributed by atoms with Crippen molar-refractivity contribution >= 4 is 17.4 Å². The highest BCUT2D eigenvalue weighted by molar-refractivity contribution is 6.29. The summed E-state index contributed by atoms with van der Waals surface area (Å²) in [5.41, 5.74) is 0. The van der Waals surface area contributed by atoms with Gasteiger partial charge in [-0.3, -0.25) is 0 Å². The summed E-state index contributed by atoms with van der Waals surface area (Å²) >= 11 is 6.06. The number of ether oxygens (including phenoxy) is 1. The van der Waals surface area contributed by atoms with Crippen LogP contribution in [0.2, 0.25) is 5.15 Å². The minimum absolute atomic E-state index is 0.420. The van der Waals surface area contributed by atoms with Crippen LogP contribution in [0, 0.1) is 11.8 Å². The van der Waals surface area contributed by atoms with E-state index in [1.54, 1.807) is 0 Å². The summed E-state index contributed by atoms with van der Waals surface area (Å²) in [4.78, 5) is 8.69. The number of nitrogens with zero attached hydrogens (tertiary/aromatic N) is 2. The summed E-state index contributed by atoms with van der Waals surface area (Å²) in [5, 5.41) is 4.05. The molecule has 0 atom stereocenters. The minimum Gasteiger partial charge on any atom is -0.374 e. The van der Waals surface area contributed by atoms with Gasteiger partial charge in [-0.2, -0.15) is 0 Å². The molecular weight excluding hydrogens is 262 g/mol. The Labute approximate surface area is 118 Å². The van der Waals surface area contributed by atoms with E-state index in [0.29, 0.717) is 30.2 Å². The molecular formula is C14H20ClN3O. The molecule has 3 rings (SSSR count). The lowest BCUT2D eigenvalue weighted by atomic mass is 10.1. The molecule has 2 fully saturated rings. The zero-order valence-corrected chi connectivity index (χ0v) is 12.0. The van der Waals surface area contributed by atoms with Gasteiger partial charge in [-0.15, -0.1) is 0 Å². The average molecular weight is 282 g/mol.